The lowest BCUT2D eigenvalue weighted by Gasteiger charge is -2.30. The van der Waals surface area contributed by atoms with E-state index in [2.05, 4.69) is 38.3 Å². The summed E-state index contributed by atoms with van der Waals surface area (Å²) >= 11 is 0. The van der Waals surface area contributed by atoms with Crippen molar-refractivity contribution in [2.24, 2.45) is 5.73 Å². The second kappa shape index (κ2) is 6.10. The normalized spacial score (nSPS) is 16.9. The molecule has 2 aromatic heterocycles. The largest absolute Gasteiger partial charge is 0.328 e. The Balaban J connectivity index is 1.65. The van der Waals surface area contributed by atoms with Crippen LogP contribution in [0.2, 0.25) is 0 Å². The van der Waals surface area contributed by atoms with Crippen LogP contribution in [0, 0.1) is 0 Å². The molecule has 118 valence electrons. The highest BCUT2D eigenvalue weighted by Gasteiger charge is 2.16. The number of nitrogens with two attached hydrogens (primary N) is 1. The monoisotopic (exact) mass is 307 g/mol. The summed E-state index contributed by atoms with van der Waals surface area (Å²) in [6, 6.07) is 7.03. The summed E-state index contributed by atoms with van der Waals surface area (Å²) in [5.74, 6) is 0. The molecule has 1 aliphatic heterocycles. The number of pyridine rings is 1. The zero-order valence-corrected chi connectivity index (χ0v) is 13.1. The van der Waals surface area contributed by atoms with E-state index in [0.29, 0.717) is 6.04 Å². The minimum atomic E-state index is 0.377. The molecule has 4 rings (SSSR count). The van der Waals surface area contributed by atoms with E-state index < -0.39 is 0 Å². The van der Waals surface area contributed by atoms with E-state index in [1.54, 1.807) is 0 Å². The van der Waals surface area contributed by atoms with Gasteiger partial charge in [0.1, 0.15) is 0 Å². The molecule has 1 saturated heterocycles. The van der Waals surface area contributed by atoms with Crippen molar-refractivity contribution in [3.8, 4) is 11.1 Å². The van der Waals surface area contributed by atoms with Gasteiger partial charge in [-0.25, -0.2) is 0 Å². The molecule has 0 unspecified atom stereocenters. The summed E-state index contributed by atoms with van der Waals surface area (Å²) < 4.78 is 0. The van der Waals surface area contributed by atoms with Crippen LogP contribution in [0.3, 0.4) is 0 Å². The Morgan fingerprint density at radius 1 is 1.17 bits per heavy atom. The Morgan fingerprint density at radius 2 is 2.04 bits per heavy atom. The molecule has 3 heterocycles. The third-order valence-electron chi connectivity index (χ3n) is 4.67. The molecule has 1 aliphatic rings. The molecular formula is C18H21N5. The molecule has 5 heteroatoms. The number of hydrogen-bond donors (Lipinski definition) is 2. The third-order valence-corrected chi connectivity index (χ3v) is 4.67. The van der Waals surface area contributed by atoms with Crippen molar-refractivity contribution >= 4 is 10.8 Å². The van der Waals surface area contributed by atoms with Crippen LogP contribution in [0.15, 0.2) is 43.0 Å². The number of hydrogen-bond acceptors (Lipinski definition) is 4. The first-order valence-electron chi connectivity index (χ1n) is 8.13. The van der Waals surface area contributed by atoms with Crippen LogP contribution >= 0.6 is 0 Å². The Labute approximate surface area is 135 Å². The third kappa shape index (κ3) is 2.98. The summed E-state index contributed by atoms with van der Waals surface area (Å²) in [6.45, 7) is 3.16. The fourth-order valence-electron chi connectivity index (χ4n) is 3.31. The number of aromatic amines is 1. The number of benzene rings is 1. The molecule has 3 N–H and O–H groups in total. The van der Waals surface area contributed by atoms with E-state index in [0.717, 1.165) is 49.0 Å². The molecule has 0 aliphatic carbocycles. The van der Waals surface area contributed by atoms with Gasteiger partial charge in [0.2, 0.25) is 0 Å². The van der Waals surface area contributed by atoms with Crippen LogP contribution in [-0.2, 0) is 6.54 Å². The quantitative estimate of drug-likeness (QED) is 0.780. The number of likely N-dealkylation sites (tertiary alicyclic amines) is 1. The molecule has 0 saturated carbocycles. The van der Waals surface area contributed by atoms with Crippen molar-refractivity contribution < 1.29 is 0 Å². The molecule has 5 nitrogen and oxygen atoms in total. The van der Waals surface area contributed by atoms with Gasteiger partial charge in [0.15, 0.2) is 0 Å². The summed E-state index contributed by atoms with van der Waals surface area (Å²) in [7, 11) is 0. The zero-order chi connectivity index (χ0) is 15.6. The Morgan fingerprint density at radius 3 is 2.83 bits per heavy atom. The number of nitrogens with one attached hydrogen (secondary N) is 1. The van der Waals surface area contributed by atoms with E-state index >= 15 is 0 Å². The fraction of sp³-hybridized carbons (Fsp3) is 0.333. The number of rotatable bonds is 3. The summed E-state index contributed by atoms with van der Waals surface area (Å²) in [6.07, 6.45) is 9.78. The van der Waals surface area contributed by atoms with Crippen molar-refractivity contribution in [3.63, 3.8) is 0 Å². The summed E-state index contributed by atoms with van der Waals surface area (Å²) in [4.78, 5) is 6.85. The van der Waals surface area contributed by atoms with Crippen molar-refractivity contribution in [1.29, 1.82) is 0 Å². The van der Waals surface area contributed by atoms with Gasteiger partial charge >= 0.3 is 0 Å². The predicted octanol–water partition coefficient (Wildman–Crippen LogP) is 2.55. The lowest BCUT2D eigenvalue weighted by Crippen LogP contribution is -2.39. The van der Waals surface area contributed by atoms with Crippen LogP contribution in [0.25, 0.3) is 21.9 Å². The van der Waals surface area contributed by atoms with Gasteiger partial charge in [0.25, 0.3) is 0 Å². The van der Waals surface area contributed by atoms with Gasteiger partial charge in [-0.2, -0.15) is 5.10 Å². The summed E-state index contributed by atoms with van der Waals surface area (Å²) in [5.41, 5.74) is 9.53. The average molecular weight is 307 g/mol. The van der Waals surface area contributed by atoms with E-state index in [4.69, 9.17) is 5.73 Å². The van der Waals surface area contributed by atoms with Gasteiger partial charge in [0.05, 0.1) is 6.20 Å². The predicted molar refractivity (Wildman–Crippen MR) is 91.8 cm³/mol. The molecule has 0 spiro atoms. The molecule has 3 aromatic rings. The van der Waals surface area contributed by atoms with E-state index in [1.807, 2.05) is 24.8 Å². The zero-order valence-electron chi connectivity index (χ0n) is 13.1. The van der Waals surface area contributed by atoms with E-state index in [9.17, 15) is 0 Å². The van der Waals surface area contributed by atoms with Crippen LogP contribution < -0.4 is 5.73 Å². The van der Waals surface area contributed by atoms with E-state index in [-0.39, 0.29) is 0 Å². The van der Waals surface area contributed by atoms with Gasteiger partial charge in [-0.3, -0.25) is 15.0 Å². The molecule has 0 bridgehead atoms. The summed E-state index contributed by atoms with van der Waals surface area (Å²) in [5, 5.41) is 9.32. The molecular weight excluding hydrogens is 286 g/mol. The minimum Gasteiger partial charge on any atom is -0.328 e. The van der Waals surface area contributed by atoms with E-state index in [1.165, 1.54) is 10.9 Å². The lowest BCUT2D eigenvalue weighted by molar-refractivity contribution is 0.206. The molecule has 0 radical (unpaired) electrons. The number of H-pyrrole nitrogens is 1. The first-order chi connectivity index (χ1) is 11.3. The lowest BCUT2D eigenvalue weighted by atomic mass is 10.0. The number of nitrogens with zero attached hydrogens (tertiary/aromatic N) is 3. The molecule has 1 fully saturated rings. The second-order valence-corrected chi connectivity index (χ2v) is 6.34. The second-order valence-electron chi connectivity index (χ2n) is 6.34. The van der Waals surface area contributed by atoms with Crippen LogP contribution in [-0.4, -0.2) is 39.2 Å². The van der Waals surface area contributed by atoms with Gasteiger partial charge < -0.3 is 5.73 Å². The standard InChI is InChI=1S/C18H21N5/c19-16-3-5-23(6-4-16)12-13-1-2-14-8-20-11-18(17(14)7-13)15-9-21-22-10-15/h1-2,7-11,16H,3-6,12,19H2,(H,21,22). The highest BCUT2D eigenvalue weighted by Crippen LogP contribution is 2.28. The first-order valence-corrected chi connectivity index (χ1v) is 8.13. The van der Waals surface area contributed by atoms with Gasteiger partial charge in [0, 0.05) is 47.7 Å². The maximum atomic E-state index is 6.00. The van der Waals surface area contributed by atoms with Crippen LogP contribution in [0.5, 0.6) is 0 Å². The molecule has 0 amide bonds. The van der Waals surface area contributed by atoms with Crippen molar-refractivity contribution in [2.75, 3.05) is 13.1 Å². The average Bonchev–Trinajstić information content (AvgIpc) is 3.11. The van der Waals surface area contributed by atoms with Gasteiger partial charge in [-0.05, 0) is 42.9 Å². The first kappa shape index (κ1) is 14.4. The smallest absolute Gasteiger partial charge is 0.0566 e. The molecule has 23 heavy (non-hydrogen) atoms. The Kier molecular flexibility index (Phi) is 3.81. The highest BCUT2D eigenvalue weighted by atomic mass is 15.1. The van der Waals surface area contributed by atoms with Gasteiger partial charge in [-0.15, -0.1) is 0 Å². The number of fused-ring (bicyclic) bond motifs is 1. The Hall–Kier alpha value is -2.24. The van der Waals surface area contributed by atoms with Crippen molar-refractivity contribution in [1.82, 2.24) is 20.1 Å². The SMILES string of the molecule is NC1CCN(Cc2ccc3cncc(-c4cn[nH]c4)c3c2)CC1. The minimum absolute atomic E-state index is 0.377. The van der Waals surface area contributed by atoms with Crippen molar-refractivity contribution in [3.05, 3.63) is 48.5 Å². The fourth-order valence-corrected chi connectivity index (χ4v) is 3.31. The van der Waals surface area contributed by atoms with Crippen LogP contribution in [0.4, 0.5) is 0 Å². The van der Waals surface area contributed by atoms with Crippen LogP contribution in [0.1, 0.15) is 18.4 Å². The Bertz CT molecular complexity index is 788. The number of piperidine rings is 1. The topological polar surface area (TPSA) is 70.8 Å². The molecule has 0 atom stereocenters. The highest BCUT2D eigenvalue weighted by molar-refractivity contribution is 5.95. The van der Waals surface area contributed by atoms with Gasteiger partial charge in [-0.1, -0.05) is 12.1 Å². The maximum absolute atomic E-state index is 6.00. The number of aromatic nitrogens is 3. The van der Waals surface area contributed by atoms with Crippen molar-refractivity contribution in [2.45, 2.75) is 25.4 Å². The molecule has 1 aromatic carbocycles. The maximum Gasteiger partial charge on any atom is 0.0566 e.